The molecule has 0 spiro atoms. The van der Waals surface area contributed by atoms with Crippen LogP contribution in [0.5, 0.6) is 0 Å². The fourth-order valence-corrected chi connectivity index (χ4v) is 2.49. The summed E-state index contributed by atoms with van der Waals surface area (Å²) in [5.74, 6) is -1.68. The summed E-state index contributed by atoms with van der Waals surface area (Å²) in [4.78, 5) is 45.1. The van der Waals surface area contributed by atoms with Gasteiger partial charge in [-0.25, -0.2) is 4.79 Å². The van der Waals surface area contributed by atoms with Crippen LogP contribution in [0.3, 0.4) is 0 Å². The Morgan fingerprint density at radius 3 is 2.44 bits per heavy atom. The second kappa shape index (κ2) is 6.21. The summed E-state index contributed by atoms with van der Waals surface area (Å²) in [6.07, 6.45) is 2.83. The standard InChI is InChI=1S/C15H9ClN4O5/c16-11-4-3-9(20(24)25)7-12(11)19-5-1-2-8(19)6-10-13(21)17-15(23)18-14(10)22/h1-7H,(H2,17,18,21,22,23). The number of imide groups is 2. The third-order valence-corrected chi connectivity index (χ3v) is 3.74. The molecule has 25 heavy (non-hydrogen) atoms. The largest absolute Gasteiger partial charge is 0.328 e. The number of nitrogens with zero attached hydrogens (tertiary/aromatic N) is 2. The molecule has 1 aliphatic rings. The van der Waals surface area contributed by atoms with Crippen molar-refractivity contribution in [2.24, 2.45) is 0 Å². The number of non-ortho nitro benzene ring substituents is 1. The Labute approximate surface area is 145 Å². The van der Waals surface area contributed by atoms with Gasteiger partial charge in [-0.05, 0) is 24.3 Å². The number of nitro groups is 1. The van der Waals surface area contributed by atoms with Gasteiger partial charge in [0, 0.05) is 24.0 Å². The molecule has 4 amide bonds. The molecule has 1 saturated heterocycles. The minimum absolute atomic E-state index is 0.162. The number of halogens is 1. The fraction of sp³-hybridized carbons (Fsp3) is 0. The maximum atomic E-state index is 11.8. The molecule has 0 saturated carbocycles. The SMILES string of the molecule is O=C1NC(=O)C(=Cc2cccn2-c2cc([N+](=O)[O-])ccc2Cl)C(=O)N1. The molecule has 2 N–H and O–H groups in total. The summed E-state index contributed by atoms with van der Waals surface area (Å²) in [5.41, 5.74) is 0.240. The van der Waals surface area contributed by atoms with E-state index in [-0.39, 0.29) is 16.3 Å². The first-order valence-corrected chi connectivity index (χ1v) is 7.24. The van der Waals surface area contributed by atoms with Crippen molar-refractivity contribution in [3.05, 3.63) is 62.9 Å². The number of amides is 4. The summed E-state index contributed by atoms with van der Waals surface area (Å²) >= 11 is 6.12. The maximum Gasteiger partial charge on any atom is 0.328 e. The highest BCUT2D eigenvalue weighted by Gasteiger charge is 2.28. The van der Waals surface area contributed by atoms with Crippen molar-refractivity contribution in [3.63, 3.8) is 0 Å². The van der Waals surface area contributed by atoms with E-state index < -0.39 is 22.8 Å². The lowest BCUT2D eigenvalue weighted by atomic mass is 10.1. The van der Waals surface area contributed by atoms with E-state index >= 15 is 0 Å². The quantitative estimate of drug-likeness (QED) is 0.374. The van der Waals surface area contributed by atoms with Gasteiger partial charge in [0.05, 0.1) is 15.6 Å². The molecule has 2 aromatic rings. The zero-order valence-corrected chi connectivity index (χ0v) is 13.1. The predicted molar refractivity (Wildman–Crippen MR) is 87.1 cm³/mol. The number of rotatable bonds is 3. The van der Waals surface area contributed by atoms with Crippen LogP contribution in [0.15, 0.2) is 42.1 Å². The number of hydrogen-bond acceptors (Lipinski definition) is 5. The third kappa shape index (κ3) is 3.12. The number of benzene rings is 1. The lowest BCUT2D eigenvalue weighted by Gasteiger charge is -2.14. The average Bonchev–Trinajstić information content (AvgIpc) is 2.99. The zero-order valence-electron chi connectivity index (χ0n) is 12.4. The van der Waals surface area contributed by atoms with Crippen LogP contribution in [0.4, 0.5) is 10.5 Å². The summed E-state index contributed by atoms with van der Waals surface area (Å²) in [5, 5.41) is 15.1. The Bertz CT molecular complexity index is 941. The lowest BCUT2D eigenvalue weighted by molar-refractivity contribution is -0.384. The van der Waals surface area contributed by atoms with Gasteiger partial charge in [-0.1, -0.05) is 11.6 Å². The Morgan fingerprint density at radius 1 is 1.12 bits per heavy atom. The number of urea groups is 1. The molecule has 0 unspecified atom stereocenters. The van der Waals surface area contributed by atoms with Crippen LogP contribution in [0.2, 0.25) is 5.02 Å². The van der Waals surface area contributed by atoms with Crippen molar-refractivity contribution in [1.29, 1.82) is 0 Å². The van der Waals surface area contributed by atoms with Gasteiger partial charge in [-0.2, -0.15) is 0 Å². The summed E-state index contributed by atoms with van der Waals surface area (Å²) < 4.78 is 1.49. The maximum absolute atomic E-state index is 11.8. The van der Waals surface area contributed by atoms with Crippen LogP contribution >= 0.6 is 11.6 Å². The molecule has 1 aromatic carbocycles. The predicted octanol–water partition coefficient (Wildman–Crippen LogP) is 1.79. The number of hydrogen-bond donors (Lipinski definition) is 2. The highest BCUT2D eigenvalue weighted by molar-refractivity contribution is 6.32. The van der Waals surface area contributed by atoms with Gasteiger partial charge in [0.2, 0.25) is 0 Å². The van der Waals surface area contributed by atoms with E-state index in [2.05, 4.69) is 0 Å². The van der Waals surface area contributed by atoms with E-state index in [4.69, 9.17) is 11.6 Å². The van der Waals surface area contributed by atoms with Crippen molar-refractivity contribution in [2.45, 2.75) is 0 Å². The van der Waals surface area contributed by atoms with Gasteiger partial charge < -0.3 is 4.57 Å². The smallest absolute Gasteiger partial charge is 0.315 e. The Balaban J connectivity index is 2.08. The van der Waals surface area contributed by atoms with Gasteiger partial charge >= 0.3 is 6.03 Å². The molecule has 0 aliphatic carbocycles. The second-order valence-electron chi connectivity index (χ2n) is 4.99. The summed E-state index contributed by atoms with van der Waals surface area (Å²) in [6.45, 7) is 0. The zero-order chi connectivity index (χ0) is 18.1. The first-order valence-electron chi connectivity index (χ1n) is 6.87. The van der Waals surface area contributed by atoms with Gasteiger partial charge in [0.25, 0.3) is 17.5 Å². The first-order chi connectivity index (χ1) is 11.9. The van der Waals surface area contributed by atoms with Crippen LogP contribution in [0, 0.1) is 10.1 Å². The molecule has 1 aromatic heterocycles. The van der Waals surface area contributed by atoms with Crippen molar-refractivity contribution in [2.75, 3.05) is 0 Å². The fourth-order valence-electron chi connectivity index (χ4n) is 2.28. The number of nitrogens with one attached hydrogen (secondary N) is 2. The van der Waals surface area contributed by atoms with Crippen LogP contribution < -0.4 is 10.6 Å². The third-order valence-electron chi connectivity index (χ3n) is 3.42. The van der Waals surface area contributed by atoms with Gasteiger partial charge in [-0.3, -0.25) is 30.3 Å². The molecule has 0 radical (unpaired) electrons. The molecule has 1 fully saturated rings. The summed E-state index contributed by atoms with van der Waals surface area (Å²) in [7, 11) is 0. The minimum Gasteiger partial charge on any atom is -0.315 e. The molecule has 3 rings (SSSR count). The van der Waals surface area contributed by atoms with E-state index in [9.17, 15) is 24.5 Å². The summed E-state index contributed by atoms with van der Waals surface area (Å²) in [6, 6.07) is 6.22. The Hall–Kier alpha value is -3.46. The first kappa shape index (κ1) is 16.4. The van der Waals surface area contributed by atoms with Crippen molar-refractivity contribution < 1.29 is 19.3 Å². The van der Waals surface area contributed by atoms with Gasteiger partial charge in [-0.15, -0.1) is 0 Å². The number of nitro benzene ring substituents is 1. The lowest BCUT2D eigenvalue weighted by Crippen LogP contribution is -2.51. The van der Waals surface area contributed by atoms with Crippen molar-refractivity contribution in [3.8, 4) is 5.69 Å². The highest BCUT2D eigenvalue weighted by Crippen LogP contribution is 2.27. The van der Waals surface area contributed by atoms with Gasteiger partial charge in [0.15, 0.2) is 0 Å². The van der Waals surface area contributed by atoms with Crippen LogP contribution in [-0.2, 0) is 9.59 Å². The second-order valence-corrected chi connectivity index (χ2v) is 5.40. The van der Waals surface area contributed by atoms with Crippen molar-refractivity contribution in [1.82, 2.24) is 15.2 Å². The van der Waals surface area contributed by atoms with E-state index in [1.54, 1.807) is 18.3 Å². The molecule has 10 heteroatoms. The molecule has 9 nitrogen and oxygen atoms in total. The van der Waals surface area contributed by atoms with E-state index in [0.717, 1.165) is 0 Å². The number of carbonyl (C=O) groups excluding carboxylic acids is 3. The average molecular weight is 361 g/mol. The van der Waals surface area contributed by atoms with Crippen LogP contribution in [0.25, 0.3) is 11.8 Å². The van der Waals surface area contributed by atoms with E-state index in [0.29, 0.717) is 11.4 Å². The number of barbiturate groups is 1. The normalized spacial score (nSPS) is 14.1. The minimum atomic E-state index is -0.899. The number of aromatic nitrogens is 1. The number of carbonyl (C=O) groups is 3. The molecular weight excluding hydrogens is 352 g/mol. The van der Waals surface area contributed by atoms with Crippen LogP contribution in [0.1, 0.15) is 5.69 Å². The molecule has 0 bridgehead atoms. The van der Waals surface area contributed by atoms with Crippen LogP contribution in [-0.4, -0.2) is 27.3 Å². The molecule has 1 aliphatic heterocycles. The monoisotopic (exact) mass is 360 g/mol. The van der Waals surface area contributed by atoms with Gasteiger partial charge in [0.1, 0.15) is 5.57 Å². The van der Waals surface area contributed by atoms with E-state index in [1.165, 1.54) is 28.8 Å². The molecular formula is C15H9ClN4O5. The molecule has 0 atom stereocenters. The van der Waals surface area contributed by atoms with E-state index in [1.807, 2.05) is 10.6 Å². The Kier molecular flexibility index (Phi) is 4.07. The molecule has 2 heterocycles. The Morgan fingerprint density at radius 2 is 1.80 bits per heavy atom. The molecule has 126 valence electrons. The topological polar surface area (TPSA) is 123 Å². The van der Waals surface area contributed by atoms with Crippen molar-refractivity contribution >= 4 is 41.2 Å². The highest BCUT2D eigenvalue weighted by atomic mass is 35.5.